The van der Waals surface area contributed by atoms with Gasteiger partial charge in [-0.05, 0) is 60.4 Å². The first-order valence-electron chi connectivity index (χ1n) is 12.4. The number of rotatable bonds is 11. The number of amidine groups is 1. The summed E-state index contributed by atoms with van der Waals surface area (Å²) in [6.45, 7) is 2.80. The number of halogens is 3. The third kappa shape index (κ3) is 7.44. The number of nitrogens with zero attached hydrogens (tertiary/aromatic N) is 3. The number of unbranched alkanes of at least 4 members (excludes halogenated alkanes) is 1. The molecule has 0 unspecified atom stereocenters. The number of carbonyl (C=O) groups excluding carboxylic acids is 1. The summed E-state index contributed by atoms with van der Waals surface area (Å²) >= 11 is 1.16. The molecule has 39 heavy (non-hydrogen) atoms. The van der Waals surface area contributed by atoms with E-state index in [2.05, 4.69) is 17.1 Å². The Morgan fingerprint density at radius 1 is 1.13 bits per heavy atom. The molecule has 2 aromatic carbocycles. The van der Waals surface area contributed by atoms with E-state index in [0.29, 0.717) is 40.2 Å². The van der Waals surface area contributed by atoms with Crippen molar-refractivity contribution in [3.8, 4) is 11.5 Å². The van der Waals surface area contributed by atoms with Gasteiger partial charge in [0.1, 0.15) is 5.76 Å². The molecule has 2 heterocycles. The Morgan fingerprint density at radius 3 is 2.69 bits per heavy atom. The number of hydrogen-bond acceptors (Lipinski definition) is 7. The zero-order valence-electron chi connectivity index (χ0n) is 21.5. The van der Waals surface area contributed by atoms with Gasteiger partial charge in [0.05, 0.1) is 43.6 Å². The summed E-state index contributed by atoms with van der Waals surface area (Å²) in [5.41, 5.74) is 0.372. The number of benzene rings is 2. The maximum atomic E-state index is 13.3. The molecule has 0 N–H and O–H groups in total. The molecular weight excluding hydrogens is 531 g/mol. The minimum absolute atomic E-state index is 0.113. The topological polar surface area (TPSA) is 76.6 Å². The van der Waals surface area contributed by atoms with E-state index in [1.165, 1.54) is 23.4 Å². The Bertz CT molecular complexity index is 1330. The highest BCUT2D eigenvalue weighted by Gasteiger charge is 2.39. The van der Waals surface area contributed by atoms with Crippen LogP contribution in [0.15, 0.2) is 75.5 Å². The lowest BCUT2D eigenvalue weighted by Crippen LogP contribution is -2.32. The first-order valence-corrected chi connectivity index (χ1v) is 13.2. The highest BCUT2D eigenvalue weighted by molar-refractivity contribution is 8.15. The molecule has 1 aliphatic heterocycles. The van der Waals surface area contributed by atoms with E-state index < -0.39 is 17.0 Å². The minimum atomic E-state index is -4.46. The molecule has 4 rings (SSSR count). The molecule has 0 aliphatic carbocycles. The number of hydrogen-bond donors (Lipinski definition) is 0. The van der Waals surface area contributed by atoms with Gasteiger partial charge in [-0.1, -0.05) is 43.3 Å². The second-order valence-electron chi connectivity index (χ2n) is 8.75. The van der Waals surface area contributed by atoms with Crippen molar-refractivity contribution in [3.05, 3.63) is 83.3 Å². The lowest BCUT2D eigenvalue weighted by molar-refractivity contribution is -0.137. The quantitative estimate of drug-likeness (QED) is 0.151. The second kappa shape index (κ2) is 12.9. The summed E-state index contributed by atoms with van der Waals surface area (Å²) < 4.78 is 56.1. The number of furan rings is 1. The van der Waals surface area contributed by atoms with Crippen LogP contribution in [0.2, 0.25) is 0 Å². The van der Waals surface area contributed by atoms with Crippen molar-refractivity contribution in [2.75, 3.05) is 13.7 Å². The molecule has 11 heteroatoms. The van der Waals surface area contributed by atoms with Crippen LogP contribution >= 0.6 is 11.8 Å². The Balaban J connectivity index is 1.53. The number of ether oxygens (including phenoxy) is 2. The van der Waals surface area contributed by atoms with Crippen LogP contribution in [0.3, 0.4) is 0 Å². The molecule has 0 saturated carbocycles. The van der Waals surface area contributed by atoms with Crippen molar-refractivity contribution in [2.45, 2.75) is 44.2 Å². The fourth-order valence-corrected chi connectivity index (χ4v) is 5.00. The first kappa shape index (κ1) is 28.3. The van der Waals surface area contributed by atoms with Gasteiger partial charge in [0.2, 0.25) is 5.91 Å². The Labute approximate surface area is 228 Å². The van der Waals surface area contributed by atoms with E-state index in [0.717, 1.165) is 36.7 Å². The van der Waals surface area contributed by atoms with Crippen LogP contribution in [0, 0.1) is 0 Å². The van der Waals surface area contributed by atoms with Crippen LogP contribution in [-0.2, 0) is 23.9 Å². The smallest absolute Gasteiger partial charge is 0.416 e. The van der Waals surface area contributed by atoms with Crippen LogP contribution in [0.1, 0.15) is 42.2 Å². The summed E-state index contributed by atoms with van der Waals surface area (Å²) in [5, 5.41) is 8.13. The first-order chi connectivity index (χ1) is 18.8. The summed E-state index contributed by atoms with van der Waals surface area (Å²) in [5.74, 6) is 1.46. The third-order valence-corrected chi connectivity index (χ3v) is 7.05. The molecule has 0 bridgehead atoms. The standard InChI is InChI=1S/C28H28F3N3O4S/c1-3-4-12-38-23-11-10-20(15-24(23)36-2)17-32-33-27-34(18-22-9-6-13-37-22)26(35)25(39-27)16-19-7-5-8-21(14-19)28(29,30)31/h5-11,13-15,17,25H,3-4,12,16,18H2,1-2H3/b32-17-,33-27-/t25-/m0/s1. The van der Waals surface area contributed by atoms with Crippen molar-refractivity contribution in [1.29, 1.82) is 0 Å². The van der Waals surface area contributed by atoms with Crippen molar-refractivity contribution in [2.24, 2.45) is 10.2 Å². The van der Waals surface area contributed by atoms with E-state index in [9.17, 15) is 18.0 Å². The molecule has 1 aromatic heterocycles. The van der Waals surface area contributed by atoms with Crippen LogP contribution in [0.5, 0.6) is 11.5 Å². The summed E-state index contributed by atoms with van der Waals surface area (Å²) in [6.07, 6.45) is 0.636. The van der Waals surface area contributed by atoms with Crippen molar-refractivity contribution < 1.29 is 31.9 Å². The monoisotopic (exact) mass is 559 g/mol. The van der Waals surface area contributed by atoms with Gasteiger partial charge in [0, 0.05) is 0 Å². The highest BCUT2D eigenvalue weighted by atomic mass is 32.2. The molecule has 3 aromatic rings. The molecule has 0 radical (unpaired) electrons. The predicted molar refractivity (Wildman–Crippen MR) is 144 cm³/mol. The van der Waals surface area contributed by atoms with Gasteiger partial charge in [-0.2, -0.15) is 18.3 Å². The van der Waals surface area contributed by atoms with Gasteiger partial charge in [-0.15, -0.1) is 5.10 Å². The van der Waals surface area contributed by atoms with Crippen molar-refractivity contribution in [3.63, 3.8) is 0 Å². The van der Waals surface area contributed by atoms with Crippen LogP contribution in [0.4, 0.5) is 13.2 Å². The van der Waals surface area contributed by atoms with E-state index >= 15 is 0 Å². The second-order valence-corrected chi connectivity index (χ2v) is 9.92. The maximum Gasteiger partial charge on any atom is 0.416 e. The summed E-state index contributed by atoms with van der Waals surface area (Å²) in [7, 11) is 1.56. The zero-order valence-corrected chi connectivity index (χ0v) is 22.3. The van der Waals surface area contributed by atoms with Gasteiger partial charge in [0.15, 0.2) is 16.7 Å². The van der Waals surface area contributed by atoms with E-state index in [4.69, 9.17) is 13.9 Å². The summed E-state index contributed by atoms with van der Waals surface area (Å²) in [6, 6.07) is 13.8. The summed E-state index contributed by atoms with van der Waals surface area (Å²) in [4.78, 5) is 14.7. The molecule has 1 fully saturated rings. The number of methoxy groups -OCH3 is 1. The lowest BCUT2D eigenvalue weighted by Gasteiger charge is -2.14. The Morgan fingerprint density at radius 2 is 1.97 bits per heavy atom. The van der Waals surface area contributed by atoms with Gasteiger partial charge in [0.25, 0.3) is 0 Å². The number of thioether (sulfide) groups is 1. The third-order valence-electron chi connectivity index (χ3n) is 5.88. The molecule has 1 atom stereocenters. The molecule has 1 aliphatic rings. The van der Waals surface area contributed by atoms with Gasteiger partial charge >= 0.3 is 6.18 Å². The Hall–Kier alpha value is -3.73. The average molecular weight is 560 g/mol. The van der Waals surface area contributed by atoms with Gasteiger partial charge in [-0.25, -0.2) is 0 Å². The van der Waals surface area contributed by atoms with Crippen LogP contribution in [0.25, 0.3) is 0 Å². The maximum absolute atomic E-state index is 13.3. The number of alkyl halides is 3. The van der Waals surface area contributed by atoms with E-state index in [1.807, 2.05) is 6.07 Å². The van der Waals surface area contributed by atoms with Gasteiger partial charge < -0.3 is 13.9 Å². The zero-order chi connectivity index (χ0) is 27.8. The molecular formula is C28H28F3N3O4S. The fraction of sp³-hybridized carbons (Fsp3) is 0.321. The number of amides is 1. The number of carbonyl (C=O) groups is 1. The molecule has 1 amide bonds. The lowest BCUT2D eigenvalue weighted by atomic mass is 10.1. The SMILES string of the molecule is CCCCOc1ccc(/C=N\N=C2/S[C@@H](Cc3cccc(C(F)(F)F)c3)C(=O)N2Cc2ccco2)cc1OC. The largest absolute Gasteiger partial charge is 0.493 e. The average Bonchev–Trinajstić information content (AvgIpc) is 3.53. The van der Waals surface area contributed by atoms with Crippen molar-refractivity contribution in [1.82, 2.24) is 4.90 Å². The van der Waals surface area contributed by atoms with Crippen LogP contribution < -0.4 is 9.47 Å². The van der Waals surface area contributed by atoms with Gasteiger partial charge in [-0.3, -0.25) is 9.69 Å². The van der Waals surface area contributed by atoms with E-state index in [-0.39, 0.29) is 18.9 Å². The van der Waals surface area contributed by atoms with Crippen molar-refractivity contribution >= 4 is 29.1 Å². The van der Waals surface area contributed by atoms with E-state index in [1.54, 1.807) is 37.4 Å². The van der Waals surface area contributed by atoms with Crippen LogP contribution in [-0.4, -0.2) is 41.2 Å². The Kier molecular flexibility index (Phi) is 9.34. The highest BCUT2D eigenvalue weighted by Crippen LogP contribution is 2.34. The molecule has 7 nitrogen and oxygen atoms in total. The normalized spacial score (nSPS) is 16.9. The molecule has 0 spiro atoms. The fourth-order valence-electron chi connectivity index (χ4n) is 3.86. The predicted octanol–water partition coefficient (Wildman–Crippen LogP) is 6.56. The molecule has 206 valence electrons. The minimum Gasteiger partial charge on any atom is -0.493 e. The molecule has 1 saturated heterocycles.